The molecular formula is C15H13Br2F2NO. The lowest BCUT2D eigenvalue weighted by atomic mass is 10.1. The summed E-state index contributed by atoms with van der Waals surface area (Å²) in [7, 11) is 0. The number of hydrogen-bond donors (Lipinski definition) is 1. The van der Waals surface area contributed by atoms with Crippen LogP contribution in [-0.4, -0.2) is 0 Å². The second-order valence-corrected chi connectivity index (χ2v) is 6.35. The summed E-state index contributed by atoms with van der Waals surface area (Å²) in [4.78, 5) is 0. The SMILES string of the molecule is C[C@@H](N)c1ccc(Br)cc1OCc1c(F)ccc(Br)c1F. The maximum Gasteiger partial charge on any atom is 0.146 e. The Morgan fingerprint density at radius 1 is 1.19 bits per heavy atom. The van der Waals surface area contributed by atoms with Crippen LogP contribution in [0.5, 0.6) is 5.75 Å². The van der Waals surface area contributed by atoms with Gasteiger partial charge in [-0.05, 0) is 47.1 Å². The molecule has 0 aliphatic heterocycles. The third-order valence-electron chi connectivity index (χ3n) is 2.98. The topological polar surface area (TPSA) is 35.2 Å². The van der Waals surface area contributed by atoms with Gasteiger partial charge in [0, 0.05) is 16.1 Å². The van der Waals surface area contributed by atoms with Crippen molar-refractivity contribution in [1.29, 1.82) is 0 Å². The Bertz CT molecular complexity index is 662. The predicted octanol–water partition coefficient (Wildman–Crippen LogP) is 5.09. The van der Waals surface area contributed by atoms with E-state index in [2.05, 4.69) is 31.9 Å². The van der Waals surface area contributed by atoms with Gasteiger partial charge in [-0.3, -0.25) is 0 Å². The summed E-state index contributed by atoms with van der Waals surface area (Å²) >= 11 is 6.37. The van der Waals surface area contributed by atoms with Crippen LogP contribution >= 0.6 is 31.9 Å². The Balaban J connectivity index is 2.29. The van der Waals surface area contributed by atoms with Gasteiger partial charge in [0.1, 0.15) is 24.0 Å². The molecule has 0 heterocycles. The zero-order valence-corrected chi connectivity index (χ0v) is 14.3. The maximum absolute atomic E-state index is 13.9. The van der Waals surface area contributed by atoms with Gasteiger partial charge in [0.2, 0.25) is 0 Å². The Morgan fingerprint density at radius 2 is 1.90 bits per heavy atom. The molecule has 0 aliphatic carbocycles. The molecule has 2 rings (SSSR count). The average molecular weight is 421 g/mol. The first kappa shape index (κ1) is 16.4. The monoisotopic (exact) mass is 419 g/mol. The highest BCUT2D eigenvalue weighted by Crippen LogP contribution is 2.29. The minimum absolute atomic E-state index is 0.125. The van der Waals surface area contributed by atoms with E-state index in [1.165, 1.54) is 12.1 Å². The Kier molecular flexibility index (Phi) is 5.35. The van der Waals surface area contributed by atoms with E-state index in [-0.39, 0.29) is 22.7 Å². The van der Waals surface area contributed by atoms with Crippen LogP contribution in [-0.2, 0) is 6.61 Å². The van der Waals surface area contributed by atoms with Gasteiger partial charge in [-0.15, -0.1) is 0 Å². The van der Waals surface area contributed by atoms with E-state index < -0.39 is 11.6 Å². The molecule has 6 heteroatoms. The Hall–Kier alpha value is -0.980. The first-order valence-corrected chi connectivity index (χ1v) is 7.79. The predicted molar refractivity (Wildman–Crippen MR) is 85.1 cm³/mol. The number of halogens is 4. The van der Waals surface area contributed by atoms with Crippen molar-refractivity contribution in [2.75, 3.05) is 0 Å². The van der Waals surface area contributed by atoms with Crippen molar-refractivity contribution in [1.82, 2.24) is 0 Å². The van der Waals surface area contributed by atoms with Crippen LogP contribution < -0.4 is 10.5 Å². The molecule has 0 amide bonds. The highest BCUT2D eigenvalue weighted by atomic mass is 79.9. The number of ether oxygens (including phenoxy) is 1. The average Bonchev–Trinajstić information content (AvgIpc) is 2.43. The summed E-state index contributed by atoms with van der Waals surface area (Å²) in [5.74, 6) is -0.807. The van der Waals surface area contributed by atoms with Crippen LogP contribution in [0, 0.1) is 11.6 Å². The number of hydrogen-bond acceptors (Lipinski definition) is 2. The van der Waals surface area contributed by atoms with Gasteiger partial charge < -0.3 is 10.5 Å². The van der Waals surface area contributed by atoms with Gasteiger partial charge in [-0.2, -0.15) is 0 Å². The minimum Gasteiger partial charge on any atom is -0.488 e. The van der Waals surface area contributed by atoms with Gasteiger partial charge in [-0.1, -0.05) is 22.0 Å². The van der Waals surface area contributed by atoms with Crippen molar-refractivity contribution < 1.29 is 13.5 Å². The fourth-order valence-corrected chi connectivity index (χ4v) is 2.57. The van der Waals surface area contributed by atoms with E-state index in [0.717, 1.165) is 10.0 Å². The number of nitrogens with two attached hydrogens (primary N) is 1. The van der Waals surface area contributed by atoms with Gasteiger partial charge in [-0.25, -0.2) is 8.78 Å². The fourth-order valence-electron chi connectivity index (χ4n) is 1.86. The third kappa shape index (κ3) is 3.81. The molecule has 0 unspecified atom stereocenters. The van der Waals surface area contributed by atoms with Crippen molar-refractivity contribution in [3.8, 4) is 5.75 Å². The van der Waals surface area contributed by atoms with Crippen molar-refractivity contribution in [2.24, 2.45) is 5.73 Å². The van der Waals surface area contributed by atoms with Crippen molar-refractivity contribution >= 4 is 31.9 Å². The summed E-state index contributed by atoms with van der Waals surface area (Å²) in [6.45, 7) is 1.60. The zero-order valence-electron chi connectivity index (χ0n) is 11.2. The van der Waals surface area contributed by atoms with E-state index in [4.69, 9.17) is 10.5 Å². The standard InChI is InChI=1S/C15H13Br2F2NO/c1-8(20)10-3-2-9(16)6-14(10)21-7-11-13(18)5-4-12(17)15(11)19/h2-6,8H,7,20H2,1H3/t8-/m1/s1. The van der Waals surface area contributed by atoms with Gasteiger partial charge in [0.15, 0.2) is 0 Å². The van der Waals surface area contributed by atoms with Gasteiger partial charge in [0.25, 0.3) is 0 Å². The normalized spacial score (nSPS) is 12.3. The van der Waals surface area contributed by atoms with Crippen LogP contribution in [0.25, 0.3) is 0 Å². The lowest BCUT2D eigenvalue weighted by molar-refractivity contribution is 0.288. The molecule has 1 atom stereocenters. The largest absolute Gasteiger partial charge is 0.488 e. The van der Waals surface area contributed by atoms with E-state index in [9.17, 15) is 8.78 Å². The second kappa shape index (κ2) is 6.85. The first-order valence-electron chi connectivity index (χ1n) is 6.20. The van der Waals surface area contributed by atoms with Crippen LogP contribution in [0.2, 0.25) is 0 Å². The molecule has 2 aromatic rings. The molecule has 0 bridgehead atoms. The fraction of sp³-hybridized carbons (Fsp3) is 0.200. The molecule has 0 radical (unpaired) electrons. The molecule has 0 spiro atoms. The van der Waals surface area contributed by atoms with E-state index in [0.29, 0.717) is 5.75 Å². The number of benzene rings is 2. The molecule has 0 fully saturated rings. The lowest BCUT2D eigenvalue weighted by Gasteiger charge is -2.15. The zero-order chi connectivity index (χ0) is 15.6. The van der Waals surface area contributed by atoms with E-state index >= 15 is 0 Å². The van der Waals surface area contributed by atoms with E-state index in [1.54, 1.807) is 6.07 Å². The molecule has 2 N–H and O–H groups in total. The molecule has 21 heavy (non-hydrogen) atoms. The minimum atomic E-state index is -0.660. The first-order chi connectivity index (χ1) is 9.90. The summed E-state index contributed by atoms with van der Waals surface area (Å²) in [6, 6.07) is 7.65. The van der Waals surface area contributed by atoms with Gasteiger partial charge >= 0.3 is 0 Å². The smallest absolute Gasteiger partial charge is 0.146 e. The maximum atomic E-state index is 13.9. The molecule has 0 saturated carbocycles. The molecule has 0 aliphatic rings. The van der Waals surface area contributed by atoms with Crippen LogP contribution in [0.1, 0.15) is 24.1 Å². The molecule has 2 aromatic carbocycles. The molecular weight excluding hydrogens is 408 g/mol. The van der Waals surface area contributed by atoms with Crippen LogP contribution in [0.4, 0.5) is 8.78 Å². The van der Waals surface area contributed by atoms with Crippen LogP contribution in [0.3, 0.4) is 0 Å². The molecule has 112 valence electrons. The summed E-state index contributed by atoms with van der Waals surface area (Å²) in [6.07, 6.45) is 0. The lowest BCUT2D eigenvalue weighted by Crippen LogP contribution is -2.09. The Morgan fingerprint density at radius 3 is 2.57 bits per heavy atom. The highest BCUT2D eigenvalue weighted by Gasteiger charge is 2.15. The molecule has 0 aromatic heterocycles. The Labute approximate surface area is 138 Å². The van der Waals surface area contributed by atoms with Crippen molar-refractivity contribution in [3.05, 3.63) is 62.0 Å². The second-order valence-electron chi connectivity index (χ2n) is 4.58. The van der Waals surface area contributed by atoms with Crippen LogP contribution in [0.15, 0.2) is 39.3 Å². The van der Waals surface area contributed by atoms with E-state index in [1.807, 2.05) is 19.1 Å². The summed E-state index contributed by atoms with van der Waals surface area (Å²) in [5, 5.41) is 0. The summed E-state index contributed by atoms with van der Waals surface area (Å²) in [5.41, 5.74) is 6.51. The number of rotatable bonds is 4. The quantitative estimate of drug-likeness (QED) is 0.699. The third-order valence-corrected chi connectivity index (χ3v) is 4.08. The molecule has 2 nitrogen and oxygen atoms in total. The van der Waals surface area contributed by atoms with Crippen molar-refractivity contribution in [3.63, 3.8) is 0 Å². The highest BCUT2D eigenvalue weighted by molar-refractivity contribution is 9.10. The summed E-state index contributed by atoms with van der Waals surface area (Å²) < 4.78 is 34.2. The van der Waals surface area contributed by atoms with Crippen molar-refractivity contribution in [2.45, 2.75) is 19.6 Å². The van der Waals surface area contributed by atoms with Gasteiger partial charge in [0.05, 0.1) is 10.0 Å². The molecule has 0 saturated heterocycles.